The maximum Gasteiger partial charge on any atom is 0.251 e. The first-order valence-corrected chi connectivity index (χ1v) is 9.59. The number of carbonyl (C=O) groups is 1. The van der Waals surface area contributed by atoms with E-state index in [1.165, 1.54) is 6.07 Å². The molecule has 0 spiro atoms. The first kappa shape index (κ1) is 16.7. The van der Waals surface area contributed by atoms with E-state index in [0.717, 1.165) is 17.8 Å². The van der Waals surface area contributed by atoms with Crippen LogP contribution < -0.4 is 19.9 Å². The Morgan fingerprint density at radius 3 is 2.62 bits per heavy atom. The van der Waals surface area contributed by atoms with Crippen LogP contribution in [0, 0.1) is 0 Å². The molecule has 1 aliphatic heterocycles. The predicted octanol–water partition coefficient (Wildman–Crippen LogP) is 1.49. The van der Waals surface area contributed by atoms with E-state index in [1.807, 2.05) is 0 Å². The molecule has 7 nitrogen and oxygen atoms in total. The summed E-state index contributed by atoms with van der Waals surface area (Å²) in [5.41, 5.74) is 0.447. The molecular formula is C15H16N2O5S2. The zero-order valence-corrected chi connectivity index (χ0v) is 14.3. The number of nitrogens with two attached hydrogens (primary N) is 1. The van der Waals surface area contributed by atoms with Crippen LogP contribution in [0.1, 0.15) is 21.7 Å². The first-order valence-electron chi connectivity index (χ1n) is 7.23. The topological polar surface area (TPSA) is 108 Å². The van der Waals surface area contributed by atoms with Crippen LogP contribution in [0.3, 0.4) is 0 Å². The summed E-state index contributed by atoms with van der Waals surface area (Å²) in [7, 11) is -3.71. The number of ether oxygens (including phenoxy) is 2. The highest BCUT2D eigenvalue weighted by Gasteiger charge is 2.15. The fourth-order valence-electron chi connectivity index (χ4n) is 2.18. The maximum atomic E-state index is 12.2. The summed E-state index contributed by atoms with van der Waals surface area (Å²) in [4.78, 5) is 12.9. The molecule has 0 bridgehead atoms. The van der Waals surface area contributed by atoms with Crippen molar-refractivity contribution in [3.63, 3.8) is 0 Å². The summed E-state index contributed by atoms with van der Waals surface area (Å²) < 4.78 is 33.6. The highest BCUT2D eigenvalue weighted by Crippen LogP contribution is 2.30. The van der Waals surface area contributed by atoms with Gasteiger partial charge in [0.15, 0.2) is 11.5 Å². The summed E-state index contributed by atoms with van der Waals surface area (Å²) in [5, 5.41) is 7.81. The summed E-state index contributed by atoms with van der Waals surface area (Å²) in [6.45, 7) is 1.35. The van der Waals surface area contributed by atoms with Crippen molar-refractivity contribution >= 4 is 27.3 Å². The third kappa shape index (κ3) is 3.86. The molecule has 9 heteroatoms. The molecule has 3 N–H and O–H groups in total. The number of fused-ring (bicyclic) bond motifs is 1. The summed E-state index contributed by atoms with van der Waals surface area (Å²) >= 11 is 1.03. The number of hydrogen-bond donors (Lipinski definition) is 2. The Morgan fingerprint density at radius 2 is 1.92 bits per heavy atom. The molecule has 0 aliphatic carbocycles. The minimum atomic E-state index is -3.71. The van der Waals surface area contributed by atoms with Crippen molar-refractivity contribution in [1.29, 1.82) is 0 Å². The van der Waals surface area contributed by atoms with E-state index >= 15 is 0 Å². The summed E-state index contributed by atoms with van der Waals surface area (Å²) in [5.74, 6) is 0.893. The van der Waals surface area contributed by atoms with Crippen LogP contribution in [-0.2, 0) is 16.6 Å². The van der Waals surface area contributed by atoms with Gasteiger partial charge in [0, 0.05) is 16.9 Å². The Hall–Kier alpha value is -2.10. The van der Waals surface area contributed by atoms with Gasteiger partial charge in [-0.2, -0.15) is 0 Å². The van der Waals surface area contributed by atoms with Gasteiger partial charge in [0.1, 0.15) is 4.21 Å². The van der Waals surface area contributed by atoms with Crippen molar-refractivity contribution in [1.82, 2.24) is 5.32 Å². The number of nitrogens with one attached hydrogen (secondary N) is 1. The van der Waals surface area contributed by atoms with Gasteiger partial charge >= 0.3 is 0 Å². The van der Waals surface area contributed by atoms with Gasteiger partial charge in [0.25, 0.3) is 5.91 Å². The number of carbonyl (C=O) groups excluding carboxylic acids is 1. The highest BCUT2D eigenvalue weighted by molar-refractivity contribution is 7.91. The molecule has 24 heavy (non-hydrogen) atoms. The molecule has 0 saturated heterocycles. The number of rotatable bonds is 4. The quantitative estimate of drug-likeness (QED) is 0.850. The van der Waals surface area contributed by atoms with E-state index in [1.54, 1.807) is 24.3 Å². The Balaban J connectivity index is 1.67. The van der Waals surface area contributed by atoms with Gasteiger partial charge in [-0.05, 0) is 30.3 Å². The van der Waals surface area contributed by atoms with Gasteiger partial charge in [-0.3, -0.25) is 4.79 Å². The van der Waals surface area contributed by atoms with Crippen LogP contribution in [-0.4, -0.2) is 27.5 Å². The molecule has 1 aromatic heterocycles. The summed E-state index contributed by atoms with van der Waals surface area (Å²) in [6, 6.07) is 8.06. The van der Waals surface area contributed by atoms with Crippen molar-refractivity contribution in [3.05, 3.63) is 40.8 Å². The van der Waals surface area contributed by atoms with Crippen LogP contribution in [0.25, 0.3) is 0 Å². The molecule has 0 radical (unpaired) electrons. The van der Waals surface area contributed by atoms with Crippen LogP contribution >= 0.6 is 11.3 Å². The molecule has 0 saturated carbocycles. The standard InChI is InChI=1S/C15H16N2O5S2/c16-24(19,20)14-5-3-11(23-14)9-17-15(18)10-2-4-12-13(8-10)22-7-1-6-21-12/h2-5,8H,1,6-7,9H2,(H,17,18)(H2,16,19,20). The third-order valence-corrected chi connectivity index (χ3v) is 5.87. The fraction of sp³-hybridized carbons (Fsp3) is 0.267. The molecule has 2 heterocycles. The first-order chi connectivity index (χ1) is 11.4. The fourth-order valence-corrected chi connectivity index (χ4v) is 3.90. The van der Waals surface area contributed by atoms with Crippen LogP contribution in [0.2, 0.25) is 0 Å². The van der Waals surface area contributed by atoms with E-state index in [-0.39, 0.29) is 16.7 Å². The zero-order valence-electron chi connectivity index (χ0n) is 12.7. The minimum Gasteiger partial charge on any atom is -0.490 e. The van der Waals surface area contributed by atoms with Crippen LogP contribution in [0.15, 0.2) is 34.5 Å². The maximum absolute atomic E-state index is 12.2. The third-order valence-electron chi connectivity index (χ3n) is 3.35. The molecule has 1 amide bonds. The second-order valence-electron chi connectivity index (χ2n) is 5.16. The smallest absolute Gasteiger partial charge is 0.251 e. The molecule has 0 fully saturated rings. The highest BCUT2D eigenvalue weighted by atomic mass is 32.2. The number of hydrogen-bond acceptors (Lipinski definition) is 6. The van der Waals surface area contributed by atoms with Crippen LogP contribution in [0.5, 0.6) is 11.5 Å². The van der Waals surface area contributed by atoms with Gasteiger partial charge in [-0.1, -0.05) is 0 Å². The predicted molar refractivity (Wildman–Crippen MR) is 88.9 cm³/mol. The van der Waals surface area contributed by atoms with Gasteiger partial charge < -0.3 is 14.8 Å². The minimum absolute atomic E-state index is 0.0716. The number of amides is 1. The molecule has 1 aliphatic rings. The van der Waals surface area contributed by atoms with Crippen molar-refractivity contribution in [2.75, 3.05) is 13.2 Å². The SMILES string of the molecule is NS(=O)(=O)c1ccc(CNC(=O)c2ccc3c(c2)OCCCO3)s1. The largest absolute Gasteiger partial charge is 0.490 e. The van der Waals surface area contributed by atoms with E-state index in [4.69, 9.17) is 14.6 Å². The number of thiophene rings is 1. The summed E-state index contributed by atoms with van der Waals surface area (Å²) in [6.07, 6.45) is 0.793. The van der Waals surface area contributed by atoms with Crippen molar-refractivity contribution in [2.24, 2.45) is 5.14 Å². The molecule has 3 rings (SSSR count). The van der Waals surface area contributed by atoms with E-state index < -0.39 is 10.0 Å². The Bertz CT molecular complexity index is 860. The van der Waals surface area contributed by atoms with Crippen molar-refractivity contribution < 1.29 is 22.7 Å². The normalized spacial score (nSPS) is 14.0. The monoisotopic (exact) mass is 368 g/mol. The van der Waals surface area contributed by atoms with Crippen molar-refractivity contribution in [3.8, 4) is 11.5 Å². The molecule has 128 valence electrons. The van der Waals surface area contributed by atoms with E-state index in [9.17, 15) is 13.2 Å². The van der Waals surface area contributed by atoms with Crippen molar-refractivity contribution in [2.45, 2.75) is 17.2 Å². The lowest BCUT2D eigenvalue weighted by molar-refractivity contribution is 0.0951. The lowest BCUT2D eigenvalue weighted by Crippen LogP contribution is -2.22. The van der Waals surface area contributed by atoms with E-state index in [2.05, 4.69) is 5.32 Å². The molecular weight excluding hydrogens is 352 g/mol. The van der Waals surface area contributed by atoms with Gasteiger partial charge in [-0.25, -0.2) is 13.6 Å². The van der Waals surface area contributed by atoms with E-state index in [0.29, 0.717) is 35.2 Å². The number of benzene rings is 1. The Kier molecular flexibility index (Phi) is 4.74. The Labute approximate surface area is 143 Å². The van der Waals surface area contributed by atoms with Gasteiger partial charge in [-0.15, -0.1) is 11.3 Å². The second-order valence-corrected chi connectivity index (χ2v) is 8.12. The van der Waals surface area contributed by atoms with Crippen LogP contribution in [0.4, 0.5) is 0 Å². The molecule has 0 atom stereocenters. The molecule has 1 aromatic carbocycles. The number of sulfonamides is 1. The lowest BCUT2D eigenvalue weighted by Gasteiger charge is -2.09. The van der Waals surface area contributed by atoms with Gasteiger partial charge in [0.05, 0.1) is 19.8 Å². The Morgan fingerprint density at radius 1 is 1.17 bits per heavy atom. The second kappa shape index (κ2) is 6.80. The van der Waals surface area contributed by atoms with Gasteiger partial charge in [0.2, 0.25) is 10.0 Å². The lowest BCUT2D eigenvalue weighted by atomic mass is 10.2. The zero-order chi connectivity index (χ0) is 17.2. The molecule has 0 unspecified atom stereocenters. The molecule has 2 aromatic rings. The number of primary sulfonamides is 1. The average Bonchev–Trinajstić information content (AvgIpc) is 2.91. The average molecular weight is 368 g/mol.